The molecule has 3 rings (SSSR count). The molecule has 0 spiro atoms. The first-order chi connectivity index (χ1) is 9.20. The van der Waals surface area contributed by atoms with Gasteiger partial charge in [-0.1, -0.05) is 23.7 Å². The van der Waals surface area contributed by atoms with E-state index in [9.17, 15) is 4.39 Å². The van der Waals surface area contributed by atoms with Crippen LogP contribution in [-0.2, 0) is 6.61 Å². The molecule has 19 heavy (non-hydrogen) atoms. The van der Waals surface area contributed by atoms with Crippen LogP contribution in [0.1, 0.15) is 4.88 Å². The molecular weight excluding hydrogens is 283 g/mol. The molecule has 0 bridgehead atoms. The number of halogens is 2. The van der Waals surface area contributed by atoms with E-state index in [4.69, 9.17) is 16.3 Å². The van der Waals surface area contributed by atoms with Gasteiger partial charge in [-0.15, -0.1) is 11.3 Å². The predicted molar refractivity (Wildman–Crippen MR) is 77.6 cm³/mol. The van der Waals surface area contributed by atoms with Gasteiger partial charge >= 0.3 is 0 Å². The molecule has 3 aromatic rings. The highest BCUT2D eigenvalue weighted by atomic mass is 35.5. The lowest BCUT2D eigenvalue weighted by Gasteiger charge is -2.03. The van der Waals surface area contributed by atoms with E-state index in [1.54, 1.807) is 23.5 Å². The van der Waals surface area contributed by atoms with Crippen LogP contribution in [0.2, 0.25) is 5.02 Å². The average molecular weight is 293 g/mol. The van der Waals surface area contributed by atoms with Gasteiger partial charge in [0.25, 0.3) is 0 Å². The van der Waals surface area contributed by atoms with Crippen LogP contribution in [0, 0.1) is 5.82 Å². The molecule has 0 aliphatic rings. The van der Waals surface area contributed by atoms with E-state index < -0.39 is 0 Å². The number of hydrogen-bond donors (Lipinski definition) is 0. The minimum absolute atomic E-state index is 0.291. The Morgan fingerprint density at radius 2 is 2.00 bits per heavy atom. The van der Waals surface area contributed by atoms with Crippen molar-refractivity contribution in [2.45, 2.75) is 6.61 Å². The highest BCUT2D eigenvalue weighted by molar-refractivity contribution is 7.19. The van der Waals surface area contributed by atoms with E-state index in [0.717, 1.165) is 20.0 Å². The zero-order valence-corrected chi connectivity index (χ0v) is 11.5. The number of hydrogen-bond acceptors (Lipinski definition) is 2. The first-order valence-corrected chi connectivity index (χ1v) is 6.96. The van der Waals surface area contributed by atoms with Crippen molar-refractivity contribution in [3.63, 3.8) is 0 Å². The fraction of sp³-hybridized carbons (Fsp3) is 0.0667. The number of ether oxygens (including phenoxy) is 1. The molecule has 0 saturated carbocycles. The van der Waals surface area contributed by atoms with Crippen LogP contribution in [0.4, 0.5) is 4.39 Å². The fourth-order valence-electron chi connectivity index (χ4n) is 1.84. The van der Waals surface area contributed by atoms with Crippen molar-refractivity contribution in [1.29, 1.82) is 0 Å². The zero-order valence-electron chi connectivity index (χ0n) is 9.90. The maximum atomic E-state index is 13.0. The van der Waals surface area contributed by atoms with E-state index in [0.29, 0.717) is 12.4 Å². The third kappa shape index (κ3) is 2.88. The van der Waals surface area contributed by atoms with E-state index in [1.807, 2.05) is 18.2 Å². The second-order valence-electron chi connectivity index (χ2n) is 4.14. The van der Waals surface area contributed by atoms with Gasteiger partial charge in [-0.05, 0) is 35.7 Å². The quantitative estimate of drug-likeness (QED) is 0.639. The second-order valence-corrected chi connectivity index (χ2v) is 5.75. The summed E-state index contributed by atoms with van der Waals surface area (Å²) in [7, 11) is 0. The van der Waals surface area contributed by atoms with Crippen LogP contribution >= 0.6 is 22.9 Å². The molecular formula is C15H10ClFOS. The number of thiophene rings is 1. The van der Waals surface area contributed by atoms with Crippen molar-refractivity contribution in [3.8, 4) is 5.75 Å². The number of fused-ring (bicyclic) bond motifs is 1. The summed E-state index contributed by atoms with van der Waals surface area (Å²) in [6.45, 7) is 0.431. The fourth-order valence-corrected chi connectivity index (χ4v) is 3.10. The van der Waals surface area contributed by atoms with Crippen LogP contribution in [-0.4, -0.2) is 0 Å². The Morgan fingerprint density at radius 3 is 2.84 bits per heavy atom. The summed E-state index contributed by atoms with van der Waals surface area (Å²) in [5, 5.41) is 1.87. The van der Waals surface area contributed by atoms with Crippen LogP contribution in [0.15, 0.2) is 48.5 Å². The summed E-state index contributed by atoms with van der Waals surface area (Å²) in [4.78, 5) is 1.08. The van der Waals surface area contributed by atoms with Crippen molar-refractivity contribution in [2.75, 3.05) is 0 Å². The Kier molecular flexibility index (Phi) is 3.40. The lowest BCUT2D eigenvalue weighted by molar-refractivity contribution is 0.308. The van der Waals surface area contributed by atoms with E-state index >= 15 is 0 Å². The molecule has 96 valence electrons. The smallest absolute Gasteiger partial charge is 0.126 e. The Bertz CT molecular complexity index is 723. The molecule has 0 N–H and O–H groups in total. The average Bonchev–Trinajstić information content (AvgIpc) is 2.78. The van der Waals surface area contributed by atoms with E-state index in [1.165, 1.54) is 12.1 Å². The minimum atomic E-state index is -0.291. The molecule has 1 aromatic heterocycles. The molecule has 0 aliphatic heterocycles. The van der Waals surface area contributed by atoms with Gasteiger partial charge in [0.1, 0.15) is 18.2 Å². The molecule has 0 fully saturated rings. The first kappa shape index (κ1) is 12.5. The highest BCUT2D eigenvalue weighted by Crippen LogP contribution is 2.29. The maximum Gasteiger partial charge on any atom is 0.126 e. The van der Waals surface area contributed by atoms with Crippen molar-refractivity contribution in [1.82, 2.24) is 0 Å². The molecule has 0 radical (unpaired) electrons. The third-order valence-corrected chi connectivity index (χ3v) is 4.02. The largest absolute Gasteiger partial charge is 0.488 e. The monoisotopic (exact) mass is 292 g/mol. The molecule has 4 heteroatoms. The van der Waals surface area contributed by atoms with E-state index in [-0.39, 0.29) is 5.82 Å². The maximum absolute atomic E-state index is 13.0. The molecule has 0 amide bonds. The number of benzene rings is 2. The standard InChI is InChI=1S/C15H10ClFOS/c16-11-5-4-10-6-14(19-15(10)7-11)9-18-13-3-1-2-12(17)8-13/h1-8H,9H2. The van der Waals surface area contributed by atoms with Crippen molar-refractivity contribution >= 4 is 33.0 Å². The summed E-state index contributed by atoms with van der Waals surface area (Å²) in [6, 6.07) is 14.0. The first-order valence-electron chi connectivity index (χ1n) is 5.77. The van der Waals surface area contributed by atoms with Crippen molar-refractivity contribution in [3.05, 3.63) is 64.2 Å². The SMILES string of the molecule is Fc1cccc(OCc2cc3ccc(Cl)cc3s2)c1. The summed E-state index contributed by atoms with van der Waals surface area (Å²) >= 11 is 7.58. The second kappa shape index (κ2) is 5.19. The van der Waals surface area contributed by atoms with Crippen LogP contribution in [0.3, 0.4) is 0 Å². The summed E-state index contributed by atoms with van der Waals surface area (Å²) in [5.74, 6) is 0.246. The van der Waals surface area contributed by atoms with E-state index in [2.05, 4.69) is 6.07 Å². The Labute approximate surface area is 119 Å². The van der Waals surface area contributed by atoms with Crippen LogP contribution in [0.25, 0.3) is 10.1 Å². The van der Waals surface area contributed by atoms with Crippen LogP contribution in [0.5, 0.6) is 5.75 Å². The highest BCUT2D eigenvalue weighted by Gasteiger charge is 2.04. The van der Waals surface area contributed by atoms with Gasteiger partial charge in [-0.2, -0.15) is 0 Å². The van der Waals surface area contributed by atoms with Gasteiger partial charge in [0, 0.05) is 20.7 Å². The normalized spacial score (nSPS) is 10.8. The molecule has 2 aromatic carbocycles. The Hall–Kier alpha value is -1.58. The minimum Gasteiger partial charge on any atom is -0.488 e. The Morgan fingerprint density at radius 1 is 1.11 bits per heavy atom. The summed E-state index contributed by atoms with van der Waals surface area (Å²) in [6.07, 6.45) is 0. The van der Waals surface area contributed by atoms with Crippen molar-refractivity contribution in [2.24, 2.45) is 0 Å². The zero-order chi connectivity index (χ0) is 13.2. The Balaban J connectivity index is 1.78. The third-order valence-electron chi connectivity index (χ3n) is 2.71. The summed E-state index contributed by atoms with van der Waals surface area (Å²) in [5.41, 5.74) is 0. The van der Waals surface area contributed by atoms with Gasteiger partial charge in [0.2, 0.25) is 0 Å². The topological polar surface area (TPSA) is 9.23 Å². The van der Waals surface area contributed by atoms with Gasteiger partial charge in [-0.25, -0.2) is 4.39 Å². The molecule has 0 unspecified atom stereocenters. The van der Waals surface area contributed by atoms with Gasteiger partial charge < -0.3 is 4.74 Å². The molecule has 0 atom stereocenters. The van der Waals surface area contributed by atoms with Crippen molar-refractivity contribution < 1.29 is 9.13 Å². The van der Waals surface area contributed by atoms with Gasteiger partial charge in [0.05, 0.1) is 0 Å². The lowest BCUT2D eigenvalue weighted by atomic mass is 10.2. The molecule has 0 saturated heterocycles. The van der Waals surface area contributed by atoms with Gasteiger partial charge in [0.15, 0.2) is 0 Å². The molecule has 1 heterocycles. The molecule has 1 nitrogen and oxygen atoms in total. The number of rotatable bonds is 3. The van der Waals surface area contributed by atoms with Gasteiger partial charge in [-0.3, -0.25) is 0 Å². The lowest BCUT2D eigenvalue weighted by Crippen LogP contribution is -1.92. The van der Waals surface area contributed by atoms with Crippen LogP contribution < -0.4 is 4.74 Å². The molecule has 0 aliphatic carbocycles. The predicted octanol–water partition coefficient (Wildman–Crippen LogP) is 5.27. The summed E-state index contributed by atoms with van der Waals surface area (Å²) < 4.78 is 19.7.